The van der Waals surface area contributed by atoms with Crippen LogP contribution in [0.15, 0.2) is 43.0 Å². The Labute approximate surface area is 182 Å². The summed E-state index contributed by atoms with van der Waals surface area (Å²) in [6, 6.07) is 9.73. The summed E-state index contributed by atoms with van der Waals surface area (Å²) >= 11 is 0. The van der Waals surface area contributed by atoms with E-state index in [4.69, 9.17) is 4.74 Å². The van der Waals surface area contributed by atoms with E-state index in [1.54, 1.807) is 6.92 Å². The summed E-state index contributed by atoms with van der Waals surface area (Å²) in [5, 5.41) is 24.0. The molecule has 0 radical (unpaired) electrons. The van der Waals surface area contributed by atoms with Crippen LogP contribution >= 0.6 is 0 Å². The predicted molar refractivity (Wildman–Crippen MR) is 110 cm³/mol. The first-order chi connectivity index (χ1) is 15.5. The number of hydrogen-bond donors (Lipinski definition) is 4. The molecule has 0 spiro atoms. The molecular formula is C20H22N6O6. The van der Waals surface area contributed by atoms with Gasteiger partial charge >= 0.3 is 5.97 Å². The van der Waals surface area contributed by atoms with Crippen LogP contribution in [0.5, 0.6) is 0 Å². The van der Waals surface area contributed by atoms with Crippen LogP contribution < -0.4 is 10.8 Å². The Morgan fingerprint density at radius 3 is 2.69 bits per heavy atom. The third-order valence-corrected chi connectivity index (χ3v) is 4.99. The Hall–Kier alpha value is -3.61. The van der Waals surface area contributed by atoms with E-state index >= 15 is 0 Å². The number of ether oxygens (including phenoxy) is 1. The number of aliphatic hydroxyl groups excluding tert-OH is 2. The molecule has 0 saturated carbocycles. The number of hydroxylamine groups is 1. The van der Waals surface area contributed by atoms with E-state index in [2.05, 4.69) is 25.1 Å². The van der Waals surface area contributed by atoms with Crippen molar-refractivity contribution in [1.82, 2.24) is 25.0 Å². The molecule has 3 aromatic rings. The van der Waals surface area contributed by atoms with Crippen LogP contribution in [0.1, 0.15) is 25.1 Å². The van der Waals surface area contributed by atoms with Crippen LogP contribution in [0.2, 0.25) is 0 Å². The maximum atomic E-state index is 12.2. The number of aliphatic hydroxyl groups is 2. The highest BCUT2D eigenvalue weighted by Crippen LogP contribution is 2.32. The van der Waals surface area contributed by atoms with Gasteiger partial charge in [0.1, 0.15) is 18.5 Å². The highest BCUT2D eigenvalue weighted by Gasteiger charge is 2.48. The third-order valence-electron chi connectivity index (χ3n) is 4.99. The van der Waals surface area contributed by atoms with Gasteiger partial charge in [0.15, 0.2) is 29.3 Å². The molecular weight excluding hydrogens is 420 g/mol. The number of carbonyl (C=O) groups is 2. The molecule has 1 amide bonds. The number of rotatable bonds is 6. The maximum absolute atomic E-state index is 12.2. The lowest BCUT2D eigenvalue weighted by Gasteiger charge is -2.16. The molecule has 1 aliphatic heterocycles. The minimum Gasteiger partial charge on any atom is -0.387 e. The zero-order valence-corrected chi connectivity index (χ0v) is 17.1. The van der Waals surface area contributed by atoms with Crippen LogP contribution in [0.3, 0.4) is 0 Å². The summed E-state index contributed by atoms with van der Waals surface area (Å²) < 4.78 is 6.98. The van der Waals surface area contributed by atoms with Gasteiger partial charge in [0.2, 0.25) is 0 Å². The molecule has 2 aromatic heterocycles. The van der Waals surface area contributed by atoms with E-state index in [0.29, 0.717) is 23.5 Å². The summed E-state index contributed by atoms with van der Waals surface area (Å²) in [6.45, 7) is 2.07. The highest BCUT2D eigenvalue weighted by molar-refractivity contribution is 5.84. The van der Waals surface area contributed by atoms with Gasteiger partial charge in [-0.1, -0.05) is 37.3 Å². The number of carbonyl (C=O) groups excluding carboxylic acids is 2. The van der Waals surface area contributed by atoms with E-state index in [0.717, 1.165) is 5.56 Å². The Balaban J connectivity index is 1.52. The maximum Gasteiger partial charge on any atom is 0.331 e. The lowest BCUT2D eigenvalue weighted by molar-refractivity contribution is -0.164. The second-order valence-corrected chi connectivity index (χ2v) is 7.11. The van der Waals surface area contributed by atoms with Gasteiger partial charge in [-0.05, 0) is 5.56 Å². The SMILES string of the molecule is CCC(=O)ONC(=O)C1OC(n2cnc3c(NCc4ccccc4)ncnc32)C(O)C1O. The van der Waals surface area contributed by atoms with Gasteiger partial charge in [-0.3, -0.25) is 9.36 Å². The van der Waals surface area contributed by atoms with Crippen molar-refractivity contribution < 1.29 is 29.4 Å². The van der Waals surface area contributed by atoms with Gasteiger partial charge in [-0.25, -0.2) is 19.7 Å². The first-order valence-electron chi connectivity index (χ1n) is 9.96. The average Bonchev–Trinajstić information content (AvgIpc) is 3.38. The topological polar surface area (TPSA) is 161 Å². The predicted octanol–water partition coefficient (Wildman–Crippen LogP) is 0.0420. The third kappa shape index (κ3) is 4.23. The number of benzene rings is 1. The minimum absolute atomic E-state index is 0.0565. The van der Waals surface area contributed by atoms with Gasteiger partial charge in [-0.15, -0.1) is 0 Å². The smallest absolute Gasteiger partial charge is 0.331 e. The minimum atomic E-state index is -1.56. The normalized spacial score (nSPS) is 22.6. The summed E-state index contributed by atoms with van der Waals surface area (Å²) in [5.41, 5.74) is 3.74. The Morgan fingerprint density at radius 1 is 1.16 bits per heavy atom. The molecule has 1 saturated heterocycles. The summed E-state index contributed by atoms with van der Waals surface area (Å²) in [7, 11) is 0. The monoisotopic (exact) mass is 442 g/mol. The Kier molecular flexibility index (Phi) is 6.25. The Morgan fingerprint density at radius 2 is 1.94 bits per heavy atom. The van der Waals surface area contributed by atoms with Gasteiger partial charge in [0.25, 0.3) is 5.91 Å². The van der Waals surface area contributed by atoms with E-state index in [1.807, 2.05) is 35.8 Å². The highest BCUT2D eigenvalue weighted by atomic mass is 16.7. The van der Waals surface area contributed by atoms with Crippen molar-refractivity contribution in [1.29, 1.82) is 0 Å². The van der Waals surface area contributed by atoms with Crippen molar-refractivity contribution in [3.8, 4) is 0 Å². The molecule has 12 heteroatoms. The molecule has 1 fully saturated rings. The standard InChI is InChI=1S/C20H22N6O6/c1-2-12(27)32-25-19(30)16-14(28)15(29)20(31-16)26-10-24-13-17(22-9-23-18(13)26)21-8-11-6-4-3-5-7-11/h3-7,9-10,14-16,20,28-29H,2,8H2,1H3,(H,25,30)(H,21,22,23). The quantitative estimate of drug-likeness (QED) is 0.384. The van der Waals surface area contributed by atoms with Crippen molar-refractivity contribution in [2.75, 3.05) is 5.32 Å². The van der Waals surface area contributed by atoms with Gasteiger partial charge in [-0.2, -0.15) is 5.48 Å². The molecule has 4 atom stereocenters. The van der Waals surface area contributed by atoms with E-state index in [1.165, 1.54) is 17.2 Å². The van der Waals surface area contributed by atoms with E-state index in [-0.39, 0.29) is 6.42 Å². The molecule has 32 heavy (non-hydrogen) atoms. The van der Waals surface area contributed by atoms with Crippen molar-refractivity contribution in [2.45, 2.75) is 44.4 Å². The number of nitrogens with zero attached hydrogens (tertiary/aromatic N) is 4. The van der Waals surface area contributed by atoms with Crippen LogP contribution in [-0.2, 0) is 25.7 Å². The van der Waals surface area contributed by atoms with Crippen molar-refractivity contribution in [3.05, 3.63) is 48.5 Å². The number of aromatic nitrogens is 4. The molecule has 4 N–H and O–H groups in total. The van der Waals surface area contributed by atoms with Crippen molar-refractivity contribution in [3.63, 3.8) is 0 Å². The fourth-order valence-corrected chi connectivity index (χ4v) is 3.29. The van der Waals surface area contributed by atoms with Gasteiger partial charge in [0, 0.05) is 13.0 Å². The molecule has 1 aromatic carbocycles. The largest absolute Gasteiger partial charge is 0.387 e. The Bertz CT molecular complexity index is 1110. The van der Waals surface area contributed by atoms with Crippen molar-refractivity contribution >= 4 is 28.9 Å². The van der Waals surface area contributed by atoms with Crippen LogP contribution in [0, 0.1) is 0 Å². The fourth-order valence-electron chi connectivity index (χ4n) is 3.29. The lowest BCUT2D eigenvalue weighted by Crippen LogP contribution is -2.43. The number of imidazole rings is 1. The van der Waals surface area contributed by atoms with E-state index in [9.17, 15) is 19.8 Å². The number of amides is 1. The molecule has 0 bridgehead atoms. The van der Waals surface area contributed by atoms with Crippen molar-refractivity contribution in [2.24, 2.45) is 0 Å². The zero-order chi connectivity index (χ0) is 22.7. The van der Waals surface area contributed by atoms with E-state index < -0.39 is 36.4 Å². The number of hydrogen-bond acceptors (Lipinski definition) is 10. The second-order valence-electron chi connectivity index (χ2n) is 7.11. The summed E-state index contributed by atoms with van der Waals surface area (Å²) in [5.74, 6) is -1.08. The molecule has 0 aliphatic carbocycles. The number of nitrogens with one attached hydrogen (secondary N) is 2. The van der Waals surface area contributed by atoms with Gasteiger partial charge < -0.3 is 25.1 Å². The fraction of sp³-hybridized carbons (Fsp3) is 0.350. The first-order valence-corrected chi connectivity index (χ1v) is 9.96. The zero-order valence-electron chi connectivity index (χ0n) is 17.1. The number of fused-ring (bicyclic) bond motifs is 1. The van der Waals surface area contributed by atoms with Crippen LogP contribution in [0.4, 0.5) is 5.82 Å². The van der Waals surface area contributed by atoms with Crippen LogP contribution in [-0.4, -0.2) is 59.9 Å². The summed E-state index contributed by atoms with van der Waals surface area (Å²) in [6.07, 6.45) is -2.86. The lowest BCUT2D eigenvalue weighted by atomic mass is 10.1. The summed E-state index contributed by atoms with van der Waals surface area (Å²) in [4.78, 5) is 40.8. The van der Waals surface area contributed by atoms with Crippen LogP contribution in [0.25, 0.3) is 11.2 Å². The first kappa shape index (κ1) is 21.6. The molecule has 3 heterocycles. The average molecular weight is 442 g/mol. The second kappa shape index (κ2) is 9.26. The molecule has 4 unspecified atom stereocenters. The number of anilines is 1. The molecule has 1 aliphatic rings. The molecule has 168 valence electrons. The molecule has 4 rings (SSSR count). The van der Waals surface area contributed by atoms with Gasteiger partial charge in [0.05, 0.1) is 6.33 Å². The molecule has 12 nitrogen and oxygen atoms in total.